The van der Waals surface area contributed by atoms with Gasteiger partial charge >= 0.3 is 0 Å². The average molecular weight is 154 g/mol. The molecule has 3 nitrogen and oxygen atoms in total. The molecule has 0 N–H and O–H groups in total. The van der Waals surface area contributed by atoms with Crippen molar-refractivity contribution in [3.8, 4) is 6.07 Å². The van der Waals surface area contributed by atoms with Gasteiger partial charge in [-0.1, -0.05) is 0 Å². The number of rotatable bonds is 1. The highest BCUT2D eigenvalue weighted by atomic mass is 16.7. The molecule has 1 heterocycles. The second-order valence-electron chi connectivity index (χ2n) is 4.06. The maximum atomic E-state index is 8.73. The third-order valence-corrected chi connectivity index (χ3v) is 1.78. The van der Waals surface area contributed by atoms with E-state index in [1.54, 1.807) is 5.06 Å². The second kappa shape index (κ2) is 2.20. The van der Waals surface area contributed by atoms with Crippen molar-refractivity contribution in [3.05, 3.63) is 0 Å². The molecule has 1 saturated heterocycles. The molecule has 0 radical (unpaired) electrons. The number of hydrogen-bond acceptors (Lipinski definition) is 3. The lowest BCUT2D eigenvalue weighted by Crippen LogP contribution is -2.62. The zero-order chi connectivity index (χ0) is 8.70. The van der Waals surface area contributed by atoms with Crippen molar-refractivity contribution in [2.45, 2.75) is 38.8 Å². The van der Waals surface area contributed by atoms with Crippen molar-refractivity contribution < 1.29 is 4.84 Å². The average Bonchev–Trinajstić information content (AvgIpc) is 1.83. The molecule has 0 atom stereocenters. The minimum absolute atomic E-state index is 0.0753. The quantitative estimate of drug-likeness (QED) is 0.571. The Balaban J connectivity index is 2.52. The van der Waals surface area contributed by atoms with Crippen molar-refractivity contribution in [2.24, 2.45) is 0 Å². The molecule has 0 bridgehead atoms. The van der Waals surface area contributed by atoms with Crippen LogP contribution in [0, 0.1) is 11.3 Å². The van der Waals surface area contributed by atoms with Gasteiger partial charge in [0.05, 0.1) is 18.2 Å². The Morgan fingerprint density at radius 1 is 1.55 bits per heavy atom. The summed E-state index contributed by atoms with van der Waals surface area (Å²) in [5, 5.41) is 10.4. The minimum Gasteiger partial charge on any atom is -0.290 e. The molecule has 3 heteroatoms. The third kappa shape index (κ3) is 1.52. The highest BCUT2D eigenvalue weighted by molar-refractivity contribution is 5.03. The smallest absolute Gasteiger partial charge is 0.127 e. The summed E-state index contributed by atoms with van der Waals surface area (Å²) in [6.45, 7) is 8.55. The molecule has 0 aromatic heterocycles. The van der Waals surface area contributed by atoms with Crippen LogP contribution in [0.2, 0.25) is 0 Å². The summed E-state index contributed by atoms with van der Waals surface area (Å²) in [4.78, 5) is 5.39. The minimum atomic E-state index is -0.491. The molecule has 1 aliphatic heterocycles. The zero-order valence-corrected chi connectivity index (χ0v) is 7.51. The molecule has 0 amide bonds. The van der Waals surface area contributed by atoms with Crippen LogP contribution in [0.25, 0.3) is 0 Å². The van der Waals surface area contributed by atoms with Gasteiger partial charge in [0.2, 0.25) is 0 Å². The van der Waals surface area contributed by atoms with E-state index in [0.29, 0.717) is 0 Å². The molecule has 1 rings (SSSR count). The Morgan fingerprint density at radius 3 is 2.27 bits per heavy atom. The Kier molecular flexibility index (Phi) is 1.70. The number of nitrogens with zero attached hydrogens (tertiary/aromatic N) is 2. The number of hydroxylamine groups is 2. The van der Waals surface area contributed by atoms with Gasteiger partial charge in [0, 0.05) is 0 Å². The SMILES string of the molecule is CC1(C)CN(C(C)(C)C#N)O1. The van der Waals surface area contributed by atoms with Gasteiger partial charge in [0.25, 0.3) is 0 Å². The Labute approximate surface area is 67.5 Å². The molecule has 11 heavy (non-hydrogen) atoms. The van der Waals surface area contributed by atoms with E-state index in [4.69, 9.17) is 10.1 Å². The van der Waals surface area contributed by atoms with E-state index in [1.807, 2.05) is 27.7 Å². The molecule has 0 aromatic carbocycles. The van der Waals surface area contributed by atoms with Gasteiger partial charge in [-0.05, 0) is 27.7 Å². The summed E-state index contributed by atoms with van der Waals surface area (Å²) in [7, 11) is 0. The summed E-state index contributed by atoms with van der Waals surface area (Å²) < 4.78 is 0. The molecular formula is C8H14N2O. The van der Waals surface area contributed by atoms with Crippen molar-refractivity contribution in [2.75, 3.05) is 6.54 Å². The topological polar surface area (TPSA) is 36.3 Å². The first-order valence-corrected chi connectivity index (χ1v) is 3.75. The molecule has 0 aliphatic carbocycles. The lowest BCUT2D eigenvalue weighted by atomic mass is 10.0. The van der Waals surface area contributed by atoms with E-state index >= 15 is 0 Å². The normalized spacial score (nSPS) is 23.9. The highest BCUT2D eigenvalue weighted by Crippen LogP contribution is 2.30. The first-order chi connectivity index (χ1) is 4.87. The summed E-state index contributed by atoms with van der Waals surface area (Å²) in [5.41, 5.74) is -0.566. The zero-order valence-electron chi connectivity index (χ0n) is 7.51. The van der Waals surface area contributed by atoms with Gasteiger partial charge in [0.15, 0.2) is 0 Å². The summed E-state index contributed by atoms with van der Waals surface area (Å²) in [6.07, 6.45) is 0. The number of hydrogen-bond donors (Lipinski definition) is 0. The van der Waals surface area contributed by atoms with Crippen LogP contribution in [0.5, 0.6) is 0 Å². The Hall–Kier alpha value is -0.590. The maximum absolute atomic E-state index is 8.73. The van der Waals surface area contributed by atoms with E-state index in [9.17, 15) is 0 Å². The molecule has 0 spiro atoms. The van der Waals surface area contributed by atoms with Crippen LogP contribution in [0.15, 0.2) is 0 Å². The van der Waals surface area contributed by atoms with Crippen LogP contribution in [0.3, 0.4) is 0 Å². The first kappa shape index (κ1) is 8.51. The Bertz CT molecular complexity index is 195. The van der Waals surface area contributed by atoms with Gasteiger partial charge < -0.3 is 0 Å². The first-order valence-electron chi connectivity index (χ1n) is 3.75. The van der Waals surface area contributed by atoms with Crippen LogP contribution in [-0.2, 0) is 4.84 Å². The number of nitriles is 1. The van der Waals surface area contributed by atoms with Crippen molar-refractivity contribution in [1.82, 2.24) is 5.06 Å². The van der Waals surface area contributed by atoms with E-state index in [0.717, 1.165) is 6.54 Å². The largest absolute Gasteiger partial charge is 0.290 e. The summed E-state index contributed by atoms with van der Waals surface area (Å²) in [6, 6.07) is 2.18. The van der Waals surface area contributed by atoms with Crippen molar-refractivity contribution >= 4 is 0 Å². The molecular weight excluding hydrogens is 140 g/mol. The predicted octanol–water partition coefficient (Wildman–Crippen LogP) is 1.31. The molecule has 0 aromatic rings. The van der Waals surface area contributed by atoms with Crippen LogP contribution >= 0.6 is 0 Å². The molecule has 1 aliphatic rings. The molecule has 0 unspecified atom stereocenters. The van der Waals surface area contributed by atoms with Crippen LogP contribution in [0.4, 0.5) is 0 Å². The van der Waals surface area contributed by atoms with Gasteiger partial charge in [0.1, 0.15) is 5.54 Å². The summed E-state index contributed by atoms with van der Waals surface area (Å²) in [5.74, 6) is 0. The van der Waals surface area contributed by atoms with Gasteiger partial charge in [-0.15, -0.1) is 0 Å². The van der Waals surface area contributed by atoms with E-state index in [2.05, 4.69) is 6.07 Å². The second-order valence-corrected chi connectivity index (χ2v) is 4.06. The van der Waals surface area contributed by atoms with Gasteiger partial charge in [-0.3, -0.25) is 4.84 Å². The van der Waals surface area contributed by atoms with Crippen LogP contribution in [0.1, 0.15) is 27.7 Å². The van der Waals surface area contributed by atoms with E-state index in [1.165, 1.54) is 0 Å². The van der Waals surface area contributed by atoms with E-state index < -0.39 is 5.54 Å². The molecule has 62 valence electrons. The van der Waals surface area contributed by atoms with Crippen LogP contribution in [-0.4, -0.2) is 22.7 Å². The summed E-state index contributed by atoms with van der Waals surface area (Å²) >= 11 is 0. The molecule has 1 fully saturated rings. The fourth-order valence-corrected chi connectivity index (χ4v) is 1.00. The monoisotopic (exact) mass is 154 g/mol. The Morgan fingerprint density at radius 2 is 2.00 bits per heavy atom. The lowest BCUT2D eigenvalue weighted by molar-refractivity contribution is -0.365. The van der Waals surface area contributed by atoms with Gasteiger partial charge in [-0.2, -0.15) is 10.3 Å². The fraction of sp³-hybridized carbons (Fsp3) is 0.875. The standard InChI is InChI=1S/C8H14N2O/c1-7(2,5-9)10-6-8(3,4)11-10/h6H2,1-4H3. The van der Waals surface area contributed by atoms with Crippen molar-refractivity contribution in [1.29, 1.82) is 5.26 Å². The lowest BCUT2D eigenvalue weighted by Gasteiger charge is -2.49. The molecule has 0 saturated carbocycles. The maximum Gasteiger partial charge on any atom is 0.127 e. The van der Waals surface area contributed by atoms with E-state index in [-0.39, 0.29) is 5.60 Å². The fourth-order valence-electron chi connectivity index (χ4n) is 1.00. The van der Waals surface area contributed by atoms with Gasteiger partial charge in [-0.25, -0.2) is 0 Å². The van der Waals surface area contributed by atoms with Crippen molar-refractivity contribution in [3.63, 3.8) is 0 Å². The third-order valence-electron chi connectivity index (χ3n) is 1.78. The highest BCUT2D eigenvalue weighted by Gasteiger charge is 2.44. The predicted molar refractivity (Wildman–Crippen MR) is 41.6 cm³/mol. The van der Waals surface area contributed by atoms with Crippen LogP contribution < -0.4 is 0 Å².